The Hall–Kier alpha value is -1.73. The Bertz CT molecular complexity index is 532. The molecule has 0 radical (unpaired) electrons. The summed E-state index contributed by atoms with van der Waals surface area (Å²) in [4.78, 5) is 13.3. The van der Waals surface area contributed by atoms with Gasteiger partial charge in [-0.25, -0.2) is 4.79 Å². The number of carbonyl (C=O) groups excluding carboxylic acids is 1. The standard InChI is InChI=1S/C16H21ClN2O2/c1-16(2,3)21-15(20)19(4)9-8-14(17)13-7-5-6-12(10-13)11-18/h5-7,10,14H,8-9H2,1-4H3. The van der Waals surface area contributed by atoms with E-state index in [9.17, 15) is 4.79 Å². The molecule has 4 nitrogen and oxygen atoms in total. The van der Waals surface area contributed by atoms with Crippen molar-refractivity contribution in [2.45, 2.75) is 38.2 Å². The van der Waals surface area contributed by atoms with Crippen molar-refractivity contribution in [1.29, 1.82) is 5.26 Å². The van der Waals surface area contributed by atoms with Crippen LogP contribution in [0.25, 0.3) is 0 Å². The van der Waals surface area contributed by atoms with Gasteiger partial charge in [-0.05, 0) is 44.9 Å². The number of nitriles is 1. The summed E-state index contributed by atoms with van der Waals surface area (Å²) in [6.07, 6.45) is 0.226. The largest absolute Gasteiger partial charge is 0.444 e. The Morgan fingerprint density at radius 1 is 1.48 bits per heavy atom. The highest BCUT2D eigenvalue weighted by Crippen LogP contribution is 2.25. The Kier molecular flexibility index (Phi) is 6.04. The van der Waals surface area contributed by atoms with Gasteiger partial charge >= 0.3 is 6.09 Å². The zero-order valence-electron chi connectivity index (χ0n) is 12.9. The molecule has 0 spiro atoms. The van der Waals surface area contributed by atoms with E-state index in [4.69, 9.17) is 21.6 Å². The molecule has 0 heterocycles. The normalized spacial score (nSPS) is 12.4. The summed E-state index contributed by atoms with van der Waals surface area (Å²) in [5.74, 6) is 0. The molecule has 21 heavy (non-hydrogen) atoms. The second kappa shape index (κ2) is 7.33. The smallest absolute Gasteiger partial charge is 0.410 e. The second-order valence-electron chi connectivity index (χ2n) is 5.90. The molecule has 0 aliphatic heterocycles. The van der Waals surface area contributed by atoms with Crippen molar-refractivity contribution in [3.8, 4) is 6.07 Å². The predicted molar refractivity (Wildman–Crippen MR) is 83.2 cm³/mol. The molecular formula is C16H21ClN2O2. The molecular weight excluding hydrogens is 288 g/mol. The van der Waals surface area contributed by atoms with E-state index in [2.05, 4.69) is 6.07 Å². The minimum atomic E-state index is -0.507. The second-order valence-corrected chi connectivity index (χ2v) is 6.42. The Morgan fingerprint density at radius 2 is 2.14 bits per heavy atom. The quantitative estimate of drug-likeness (QED) is 0.787. The summed E-state index contributed by atoms with van der Waals surface area (Å²) in [7, 11) is 1.68. The average molecular weight is 309 g/mol. The van der Waals surface area contributed by atoms with Gasteiger partial charge in [-0.3, -0.25) is 0 Å². The third kappa shape index (κ3) is 6.05. The highest BCUT2D eigenvalue weighted by molar-refractivity contribution is 6.20. The topological polar surface area (TPSA) is 53.3 Å². The van der Waals surface area contributed by atoms with Crippen LogP contribution >= 0.6 is 11.6 Å². The first kappa shape index (κ1) is 17.3. The van der Waals surface area contributed by atoms with Crippen LogP contribution in [0, 0.1) is 11.3 Å². The molecule has 1 atom stereocenters. The van der Waals surface area contributed by atoms with Gasteiger partial charge in [-0.15, -0.1) is 11.6 Å². The van der Waals surface area contributed by atoms with Gasteiger partial charge in [-0.1, -0.05) is 12.1 Å². The molecule has 1 aromatic rings. The zero-order chi connectivity index (χ0) is 16.0. The van der Waals surface area contributed by atoms with Crippen molar-refractivity contribution in [3.63, 3.8) is 0 Å². The maximum Gasteiger partial charge on any atom is 0.410 e. The first-order valence-corrected chi connectivity index (χ1v) is 7.25. The first-order chi connectivity index (χ1) is 9.73. The van der Waals surface area contributed by atoms with Crippen molar-refractivity contribution in [3.05, 3.63) is 35.4 Å². The SMILES string of the molecule is CN(CCC(Cl)c1cccc(C#N)c1)C(=O)OC(C)(C)C. The lowest BCUT2D eigenvalue weighted by atomic mass is 10.1. The molecule has 5 heteroatoms. The highest BCUT2D eigenvalue weighted by Gasteiger charge is 2.20. The number of halogens is 1. The van der Waals surface area contributed by atoms with E-state index in [0.717, 1.165) is 5.56 Å². The molecule has 0 N–H and O–H groups in total. The van der Waals surface area contributed by atoms with Crippen LogP contribution in [0.2, 0.25) is 0 Å². The van der Waals surface area contributed by atoms with Gasteiger partial charge in [0, 0.05) is 13.6 Å². The van der Waals surface area contributed by atoms with Crippen molar-refractivity contribution in [2.24, 2.45) is 0 Å². The highest BCUT2D eigenvalue weighted by atomic mass is 35.5. The van der Waals surface area contributed by atoms with E-state index in [1.54, 1.807) is 25.2 Å². The van der Waals surface area contributed by atoms with Crippen molar-refractivity contribution >= 4 is 17.7 Å². The Labute approximate surface area is 131 Å². The van der Waals surface area contributed by atoms with Crippen molar-refractivity contribution in [2.75, 3.05) is 13.6 Å². The first-order valence-electron chi connectivity index (χ1n) is 6.81. The fraction of sp³-hybridized carbons (Fsp3) is 0.500. The molecule has 0 fully saturated rings. The van der Waals surface area contributed by atoms with Gasteiger partial charge < -0.3 is 9.64 Å². The van der Waals surface area contributed by atoms with Crippen LogP contribution in [0.1, 0.15) is 43.7 Å². The van der Waals surface area contributed by atoms with Gasteiger partial charge in [-0.2, -0.15) is 5.26 Å². The maximum atomic E-state index is 11.8. The summed E-state index contributed by atoms with van der Waals surface area (Å²) in [6, 6.07) is 9.28. The fourth-order valence-corrected chi connectivity index (χ4v) is 1.94. The molecule has 0 saturated heterocycles. The molecule has 1 unspecified atom stereocenters. The van der Waals surface area contributed by atoms with Gasteiger partial charge in [0.15, 0.2) is 0 Å². The van der Waals surface area contributed by atoms with Crippen molar-refractivity contribution < 1.29 is 9.53 Å². The van der Waals surface area contributed by atoms with E-state index in [0.29, 0.717) is 18.5 Å². The van der Waals surface area contributed by atoms with Crippen LogP contribution in [0.5, 0.6) is 0 Å². The molecule has 0 bridgehead atoms. The number of carbonyl (C=O) groups is 1. The molecule has 1 rings (SSSR count). The van der Waals surface area contributed by atoms with Crippen LogP contribution in [0.15, 0.2) is 24.3 Å². The van der Waals surface area contributed by atoms with Crippen LogP contribution in [-0.2, 0) is 4.74 Å². The summed E-state index contributed by atoms with van der Waals surface area (Å²) in [6.45, 7) is 5.98. The van der Waals surface area contributed by atoms with Gasteiger partial charge in [0.1, 0.15) is 5.60 Å². The molecule has 114 valence electrons. The molecule has 0 aliphatic carbocycles. The predicted octanol–water partition coefficient (Wildman–Crippen LogP) is 4.10. The average Bonchev–Trinajstić information content (AvgIpc) is 2.42. The fourth-order valence-electron chi connectivity index (χ4n) is 1.71. The van der Waals surface area contributed by atoms with E-state index in [1.165, 1.54) is 4.90 Å². The minimum Gasteiger partial charge on any atom is -0.444 e. The molecule has 1 aromatic carbocycles. The molecule has 0 saturated carbocycles. The number of alkyl halides is 1. The van der Waals surface area contributed by atoms with Gasteiger partial charge in [0.25, 0.3) is 0 Å². The summed E-state index contributed by atoms with van der Waals surface area (Å²) in [5.41, 5.74) is 0.958. The van der Waals surface area contributed by atoms with E-state index in [-0.39, 0.29) is 11.5 Å². The lowest BCUT2D eigenvalue weighted by Gasteiger charge is -2.25. The van der Waals surface area contributed by atoms with Crippen LogP contribution in [-0.4, -0.2) is 30.2 Å². The lowest BCUT2D eigenvalue weighted by Crippen LogP contribution is -2.35. The van der Waals surface area contributed by atoms with Gasteiger partial charge in [0.05, 0.1) is 17.0 Å². The third-order valence-corrected chi connectivity index (χ3v) is 3.27. The van der Waals surface area contributed by atoms with E-state index >= 15 is 0 Å². The summed E-state index contributed by atoms with van der Waals surface area (Å²) < 4.78 is 5.27. The van der Waals surface area contributed by atoms with Crippen LogP contribution in [0.3, 0.4) is 0 Å². The lowest BCUT2D eigenvalue weighted by molar-refractivity contribution is 0.0297. The number of hydrogen-bond donors (Lipinski definition) is 0. The summed E-state index contributed by atoms with van der Waals surface area (Å²) in [5, 5.41) is 8.63. The Balaban J connectivity index is 2.54. The van der Waals surface area contributed by atoms with E-state index in [1.807, 2.05) is 26.8 Å². The maximum absolute atomic E-state index is 11.8. The zero-order valence-corrected chi connectivity index (χ0v) is 13.6. The third-order valence-electron chi connectivity index (χ3n) is 2.80. The number of hydrogen-bond acceptors (Lipinski definition) is 3. The Morgan fingerprint density at radius 3 is 2.71 bits per heavy atom. The van der Waals surface area contributed by atoms with Crippen LogP contribution < -0.4 is 0 Å². The van der Waals surface area contributed by atoms with Gasteiger partial charge in [0.2, 0.25) is 0 Å². The number of benzene rings is 1. The number of nitrogens with zero attached hydrogens (tertiary/aromatic N) is 2. The summed E-state index contributed by atoms with van der Waals surface area (Å²) >= 11 is 6.33. The van der Waals surface area contributed by atoms with Crippen LogP contribution in [0.4, 0.5) is 4.79 Å². The molecule has 1 amide bonds. The van der Waals surface area contributed by atoms with Crippen molar-refractivity contribution in [1.82, 2.24) is 4.90 Å². The number of rotatable bonds is 4. The minimum absolute atomic E-state index is 0.247. The van der Waals surface area contributed by atoms with E-state index < -0.39 is 5.60 Å². The monoisotopic (exact) mass is 308 g/mol. The number of ether oxygens (including phenoxy) is 1. The molecule has 0 aromatic heterocycles. The molecule has 0 aliphatic rings. The number of amides is 1.